The average Bonchev–Trinajstić information content (AvgIpc) is 2.37. The molecule has 1 rings (SSSR count). The molecule has 0 aromatic heterocycles. The van der Waals surface area contributed by atoms with E-state index in [9.17, 15) is 9.59 Å². The van der Waals surface area contributed by atoms with Crippen molar-refractivity contribution in [1.29, 1.82) is 0 Å². The van der Waals surface area contributed by atoms with Gasteiger partial charge in [0.2, 0.25) is 11.8 Å². The van der Waals surface area contributed by atoms with Crippen LogP contribution in [-0.4, -0.2) is 34.8 Å². The second-order valence-electron chi connectivity index (χ2n) is 6.72. The summed E-state index contributed by atoms with van der Waals surface area (Å²) in [6, 6.07) is -0.548. The van der Waals surface area contributed by atoms with Crippen LogP contribution >= 0.6 is 0 Å². The van der Waals surface area contributed by atoms with Crippen molar-refractivity contribution in [3.05, 3.63) is 0 Å². The third kappa shape index (κ3) is 3.74. The topological polar surface area (TPSA) is 49.4 Å². The van der Waals surface area contributed by atoms with Crippen LogP contribution in [0.4, 0.5) is 0 Å². The maximum atomic E-state index is 12.7. The van der Waals surface area contributed by atoms with E-state index in [1.165, 1.54) is 0 Å². The van der Waals surface area contributed by atoms with Gasteiger partial charge in [0.05, 0.1) is 0 Å². The molecule has 0 bridgehead atoms. The normalized spacial score (nSPS) is 25.3. The molecular weight excluding hydrogens is 252 g/mol. The first-order valence-electron chi connectivity index (χ1n) is 7.92. The Morgan fingerprint density at radius 1 is 1.10 bits per heavy atom. The first kappa shape index (κ1) is 17.0. The van der Waals surface area contributed by atoms with Gasteiger partial charge in [-0.2, -0.15) is 0 Å². The lowest BCUT2D eigenvalue weighted by Gasteiger charge is -2.43. The Bertz CT molecular complexity index is 352. The van der Waals surface area contributed by atoms with Crippen LogP contribution in [0.25, 0.3) is 0 Å². The fourth-order valence-electron chi connectivity index (χ4n) is 2.82. The number of nitrogens with one attached hydrogen (secondary N) is 1. The van der Waals surface area contributed by atoms with Gasteiger partial charge in [0.25, 0.3) is 0 Å². The smallest absolute Gasteiger partial charge is 0.246 e. The van der Waals surface area contributed by atoms with Gasteiger partial charge in [0.15, 0.2) is 0 Å². The first-order valence-corrected chi connectivity index (χ1v) is 7.92. The van der Waals surface area contributed by atoms with Gasteiger partial charge in [-0.3, -0.25) is 9.59 Å². The van der Waals surface area contributed by atoms with Gasteiger partial charge in [-0.05, 0) is 38.0 Å². The van der Waals surface area contributed by atoms with Crippen LogP contribution in [0.5, 0.6) is 0 Å². The lowest BCUT2D eigenvalue weighted by atomic mass is 9.93. The molecule has 3 atom stereocenters. The van der Waals surface area contributed by atoms with Gasteiger partial charge in [-0.25, -0.2) is 0 Å². The monoisotopic (exact) mass is 282 g/mol. The highest BCUT2D eigenvalue weighted by molar-refractivity contribution is 5.97. The summed E-state index contributed by atoms with van der Waals surface area (Å²) in [7, 11) is 0. The summed E-state index contributed by atoms with van der Waals surface area (Å²) < 4.78 is 0. The van der Waals surface area contributed by atoms with Crippen LogP contribution in [0, 0.1) is 11.8 Å². The molecule has 2 amide bonds. The number of nitrogens with zero attached hydrogens (tertiary/aromatic N) is 1. The Balaban J connectivity index is 2.90. The van der Waals surface area contributed by atoms with Crippen molar-refractivity contribution in [2.45, 2.75) is 78.9 Å². The average molecular weight is 282 g/mol. The van der Waals surface area contributed by atoms with Gasteiger partial charge in [0.1, 0.15) is 12.1 Å². The zero-order valence-corrected chi connectivity index (χ0v) is 13.8. The minimum absolute atomic E-state index is 0.00203. The van der Waals surface area contributed by atoms with E-state index >= 15 is 0 Å². The highest BCUT2D eigenvalue weighted by Gasteiger charge is 2.42. The Hall–Kier alpha value is -1.06. The molecular formula is C16H30N2O2. The molecule has 0 aromatic rings. The van der Waals surface area contributed by atoms with E-state index in [2.05, 4.69) is 26.1 Å². The largest absolute Gasteiger partial charge is 0.342 e. The van der Waals surface area contributed by atoms with E-state index < -0.39 is 0 Å². The molecule has 1 saturated heterocycles. The summed E-state index contributed by atoms with van der Waals surface area (Å²) in [4.78, 5) is 26.8. The molecule has 1 heterocycles. The van der Waals surface area contributed by atoms with Crippen molar-refractivity contribution < 1.29 is 9.59 Å². The third-order valence-corrected chi connectivity index (χ3v) is 4.15. The minimum Gasteiger partial charge on any atom is -0.342 e. The standard InChI is InChI=1S/C16H30N2O2/c1-7-13-15(19)17-14(11(4)5)16(20)18(13)12(6)9-8-10(2)3/h10-14H,7-9H2,1-6H3,(H,17,19). The molecule has 3 unspecified atom stereocenters. The highest BCUT2D eigenvalue weighted by atomic mass is 16.2. The molecule has 1 fully saturated rings. The van der Waals surface area contributed by atoms with Crippen molar-refractivity contribution in [2.24, 2.45) is 11.8 Å². The summed E-state index contributed by atoms with van der Waals surface area (Å²) in [5.74, 6) is 0.834. The number of carbonyl (C=O) groups is 2. The third-order valence-electron chi connectivity index (χ3n) is 4.15. The molecule has 0 spiro atoms. The van der Waals surface area contributed by atoms with Gasteiger partial charge in [0, 0.05) is 6.04 Å². The molecule has 0 saturated carbocycles. The predicted molar refractivity (Wildman–Crippen MR) is 81.2 cm³/mol. The quantitative estimate of drug-likeness (QED) is 0.814. The first-order chi connectivity index (χ1) is 9.29. The summed E-state index contributed by atoms with van der Waals surface area (Å²) in [6.07, 6.45) is 2.71. The molecule has 4 nitrogen and oxygen atoms in total. The number of amides is 2. The zero-order valence-electron chi connectivity index (χ0n) is 13.8. The van der Waals surface area contributed by atoms with E-state index in [0.29, 0.717) is 12.3 Å². The molecule has 4 heteroatoms. The SMILES string of the molecule is CCC1C(=O)NC(C(C)C)C(=O)N1C(C)CCC(C)C. The van der Waals surface area contributed by atoms with E-state index in [1.807, 2.05) is 25.7 Å². The summed E-state index contributed by atoms with van der Waals surface area (Å²) >= 11 is 0. The second kappa shape index (κ2) is 7.09. The van der Waals surface area contributed by atoms with Crippen molar-refractivity contribution >= 4 is 11.8 Å². The molecule has 0 aromatic carbocycles. The Kier molecular flexibility index (Phi) is 6.03. The second-order valence-corrected chi connectivity index (χ2v) is 6.72. The lowest BCUT2D eigenvalue weighted by Crippen LogP contribution is -2.66. The Morgan fingerprint density at radius 2 is 1.70 bits per heavy atom. The fraction of sp³-hybridized carbons (Fsp3) is 0.875. The number of carbonyl (C=O) groups excluding carboxylic acids is 2. The van der Waals surface area contributed by atoms with E-state index in [4.69, 9.17) is 0 Å². The summed E-state index contributed by atoms with van der Waals surface area (Å²) in [5.41, 5.74) is 0. The number of piperazine rings is 1. The van der Waals surface area contributed by atoms with Crippen LogP contribution in [0.1, 0.15) is 60.8 Å². The Morgan fingerprint density at radius 3 is 2.15 bits per heavy atom. The van der Waals surface area contributed by atoms with Gasteiger partial charge in [-0.15, -0.1) is 0 Å². The summed E-state index contributed by atoms with van der Waals surface area (Å²) in [5, 5.41) is 2.89. The van der Waals surface area contributed by atoms with Crippen LogP contribution in [0.2, 0.25) is 0 Å². The van der Waals surface area contributed by atoms with Crippen molar-refractivity contribution in [3.63, 3.8) is 0 Å². The molecule has 20 heavy (non-hydrogen) atoms. The minimum atomic E-state index is -0.369. The fourth-order valence-corrected chi connectivity index (χ4v) is 2.82. The molecule has 1 aliphatic rings. The molecule has 0 aliphatic carbocycles. The van der Waals surface area contributed by atoms with Crippen molar-refractivity contribution in [2.75, 3.05) is 0 Å². The summed E-state index contributed by atoms with van der Waals surface area (Å²) in [6.45, 7) is 12.4. The maximum absolute atomic E-state index is 12.7. The van der Waals surface area contributed by atoms with E-state index in [1.54, 1.807) is 0 Å². The molecule has 0 radical (unpaired) electrons. The lowest BCUT2D eigenvalue weighted by molar-refractivity contribution is -0.153. The number of rotatable bonds is 6. The van der Waals surface area contributed by atoms with Crippen molar-refractivity contribution in [3.8, 4) is 0 Å². The van der Waals surface area contributed by atoms with Crippen LogP contribution < -0.4 is 5.32 Å². The Labute approximate surface area is 123 Å². The number of hydrogen-bond acceptors (Lipinski definition) is 2. The molecule has 1 N–H and O–H groups in total. The van der Waals surface area contributed by atoms with Gasteiger partial charge in [-0.1, -0.05) is 34.6 Å². The molecule has 116 valence electrons. The van der Waals surface area contributed by atoms with Gasteiger partial charge >= 0.3 is 0 Å². The van der Waals surface area contributed by atoms with Crippen LogP contribution in [-0.2, 0) is 9.59 Å². The number of hydrogen-bond donors (Lipinski definition) is 1. The van der Waals surface area contributed by atoms with E-state index in [-0.39, 0.29) is 35.9 Å². The van der Waals surface area contributed by atoms with Gasteiger partial charge < -0.3 is 10.2 Å². The highest BCUT2D eigenvalue weighted by Crippen LogP contribution is 2.23. The zero-order chi connectivity index (χ0) is 15.4. The van der Waals surface area contributed by atoms with Crippen molar-refractivity contribution in [1.82, 2.24) is 10.2 Å². The molecule has 1 aliphatic heterocycles. The predicted octanol–water partition coefficient (Wildman–Crippen LogP) is 2.57. The van der Waals surface area contributed by atoms with Crippen LogP contribution in [0.3, 0.4) is 0 Å². The maximum Gasteiger partial charge on any atom is 0.246 e. The van der Waals surface area contributed by atoms with E-state index in [0.717, 1.165) is 12.8 Å². The van der Waals surface area contributed by atoms with Crippen LogP contribution in [0.15, 0.2) is 0 Å².